The molecule has 4 nitrogen and oxygen atoms in total. The number of anilines is 1. The number of rotatable bonds is 5. The molecule has 110 valence electrons. The van der Waals surface area contributed by atoms with E-state index in [0.29, 0.717) is 23.0 Å². The van der Waals surface area contributed by atoms with Crippen LogP contribution < -0.4 is 15.8 Å². The quantitative estimate of drug-likeness (QED) is 0.835. The van der Waals surface area contributed by atoms with Crippen molar-refractivity contribution >= 4 is 23.2 Å². The van der Waals surface area contributed by atoms with E-state index in [0.717, 1.165) is 5.56 Å². The predicted molar refractivity (Wildman–Crippen MR) is 84.2 cm³/mol. The van der Waals surface area contributed by atoms with Crippen LogP contribution in [0, 0.1) is 0 Å². The van der Waals surface area contributed by atoms with Crippen LogP contribution in [-0.4, -0.2) is 12.0 Å². The summed E-state index contributed by atoms with van der Waals surface area (Å²) < 4.78 is 5.55. The zero-order valence-electron chi connectivity index (χ0n) is 11.7. The second-order valence-corrected chi connectivity index (χ2v) is 5.12. The van der Waals surface area contributed by atoms with Crippen LogP contribution in [0.2, 0.25) is 5.02 Å². The maximum Gasteiger partial charge on any atom is 0.261 e. The molecule has 0 bridgehead atoms. The molecule has 0 heterocycles. The number of halogens is 1. The van der Waals surface area contributed by atoms with Gasteiger partial charge in [0.25, 0.3) is 5.91 Å². The SMILES string of the molecule is CC(Oc1cccc(Cl)c1)C(=O)NCc1cccc(N)c1. The molecule has 2 aromatic carbocycles. The molecule has 0 aliphatic rings. The molecule has 0 aliphatic carbocycles. The normalized spacial score (nSPS) is 11.7. The Kier molecular flexibility index (Phi) is 5.06. The van der Waals surface area contributed by atoms with Gasteiger partial charge in [-0.05, 0) is 42.8 Å². The highest BCUT2D eigenvalue weighted by Gasteiger charge is 2.14. The molecule has 3 N–H and O–H groups in total. The lowest BCUT2D eigenvalue weighted by atomic mass is 10.2. The van der Waals surface area contributed by atoms with Crippen LogP contribution >= 0.6 is 11.6 Å². The van der Waals surface area contributed by atoms with E-state index in [1.807, 2.05) is 18.2 Å². The molecular formula is C16H17ClN2O2. The Morgan fingerprint density at radius 1 is 1.29 bits per heavy atom. The summed E-state index contributed by atoms with van der Waals surface area (Å²) >= 11 is 5.87. The standard InChI is InChI=1S/C16H17ClN2O2/c1-11(21-15-7-3-5-13(17)9-15)16(20)19-10-12-4-2-6-14(18)8-12/h2-9,11H,10,18H2,1H3,(H,19,20). The minimum absolute atomic E-state index is 0.197. The number of carbonyl (C=O) groups is 1. The Labute approximate surface area is 128 Å². The number of nitrogens with one attached hydrogen (secondary N) is 1. The van der Waals surface area contributed by atoms with E-state index in [1.54, 1.807) is 37.3 Å². The third-order valence-electron chi connectivity index (χ3n) is 2.90. The second kappa shape index (κ2) is 6.99. The number of carbonyl (C=O) groups excluding carboxylic acids is 1. The molecule has 1 atom stereocenters. The summed E-state index contributed by atoms with van der Waals surface area (Å²) in [6, 6.07) is 14.3. The molecule has 0 saturated carbocycles. The average molecular weight is 305 g/mol. The van der Waals surface area contributed by atoms with Crippen molar-refractivity contribution in [1.82, 2.24) is 5.32 Å². The third kappa shape index (κ3) is 4.68. The zero-order chi connectivity index (χ0) is 15.2. The zero-order valence-corrected chi connectivity index (χ0v) is 12.4. The number of amides is 1. The molecule has 0 saturated heterocycles. The number of nitrogens with two attached hydrogens (primary N) is 1. The van der Waals surface area contributed by atoms with Gasteiger partial charge in [0, 0.05) is 17.3 Å². The minimum atomic E-state index is -0.607. The van der Waals surface area contributed by atoms with Gasteiger partial charge >= 0.3 is 0 Å². The van der Waals surface area contributed by atoms with Crippen LogP contribution in [0.15, 0.2) is 48.5 Å². The van der Waals surface area contributed by atoms with Crippen molar-refractivity contribution in [3.63, 3.8) is 0 Å². The van der Waals surface area contributed by atoms with Crippen molar-refractivity contribution in [2.24, 2.45) is 0 Å². The summed E-state index contributed by atoms with van der Waals surface area (Å²) in [6.45, 7) is 2.10. The first-order valence-electron chi connectivity index (χ1n) is 6.59. The molecule has 0 radical (unpaired) electrons. The Balaban J connectivity index is 1.88. The van der Waals surface area contributed by atoms with Crippen LogP contribution in [0.4, 0.5) is 5.69 Å². The number of hydrogen-bond donors (Lipinski definition) is 2. The monoisotopic (exact) mass is 304 g/mol. The molecule has 2 rings (SSSR count). The molecule has 2 aromatic rings. The van der Waals surface area contributed by atoms with Gasteiger partial charge in [0.1, 0.15) is 5.75 Å². The first-order valence-corrected chi connectivity index (χ1v) is 6.97. The summed E-state index contributed by atoms with van der Waals surface area (Å²) in [5.74, 6) is 0.367. The lowest BCUT2D eigenvalue weighted by molar-refractivity contribution is -0.127. The third-order valence-corrected chi connectivity index (χ3v) is 3.13. The lowest BCUT2D eigenvalue weighted by Gasteiger charge is -2.15. The Hall–Kier alpha value is -2.20. The van der Waals surface area contributed by atoms with E-state index in [2.05, 4.69) is 5.32 Å². The van der Waals surface area contributed by atoms with Gasteiger partial charge in [-0.1, -0.05) is 29.8 Å². The van der Waals surface area contributed by atoms with E-state index >= 15 is 0 Å². The van der Waals surface area contributed by atoms with E-state index in [9.17, 15) is 4.79 Å². The van der Waals surface area contributed by atoms with E-state index in [-0.39, 0.29) is 5.91 Å². The maximum absolute atomic E-state index is 12.0. The fourth-order valence-electron chi connectivity index (χ4n) is 1.83. The molecule has 0 aromatic heterocycles. The van der Waals surface area contributed by atoms with Gasteiger partial charge in [0.15, 0.2) is 6.10 Å². The van der Waals surface area contributed by atoms with Crippen LogP contribution in [0.3, 0.4) is 0 Å². The summed E-state index contributed by atoms with van der Waals surface area (Å²) in [5, 5.41) is 3.38. The predicted octanol–water partition coefficient (Wildman–Crippen LogP) is 3.01. The van der Waals surface area contributed by atoms with Crippen molar-refractivity contribution in [2.75, 3.05) is 5.73 Å². The smallest absolute Gasteiger partial charge is 0.261 e. The van der Waals surface area contributed by atoms with Crippen molar-refractivity contribution in [2.45, 2.75) is 19.6 Å². The van der Waals surface area contributed by atoms with E-state index < -0.39 is 6.10 Å². The first kappa shape index (κ1) is 15.2. The molecular weight excluding hydrogens is 288 g/mol. The molecule has 21 heavy (non-hydrogen) atoms. The Bertz CT molecular complexity index is 631. The molecule has 0 spiro atoms. The fourth-order valence-corrected chi connectivity index (χ4v) is 2.01. The van der Waals surface area contributed by atoms with Gasteiger partial charge in [0.05, 0.1) is 0 Å². The van der Waals surface area contributed by atoms with Crippen LogP contribution in [0.25, 0.3) is 0 Å². The highest BCUT2D eigenvalue weighted by Crippen LogP contribution is 2.18. The van der Waals surface area contributed by atoms with Gasteiger partial charge in [-0.3, -0.25) is 4.79 Å². The number of hydrogen-bond acceptors (Lipinski definition) is 3. The number of nitrogen functional groups attached to an aromatic ring is 1. The topological polar surface area (TPSA) is 64.3 Å². The molecule has 1 unspecified atom stereocenters. The summed E-state index contributed by atoms with van der Waals surface area (Å²) in [5.41, 5.74) is 7.31. The number of benzene rings is 2. The molecule has 0 aliphatic heterocycles. The van der Waals surface area contributed by atoms with Gasteiger partial charge in [-0.15, -0.1) is 0 Å². The lowest BCUT2D eigenvalue weighted by Crippen LogP contribution is -2.35. The van der Waals surface area contributed by atoms with E-state index in [4.69, 9.17) is 22.1 Å². The van der Waals surface area contributed by atoms with Crippen molar-refractivity contribution in [3.8, 4) is 5.75 Å². The van der Waals surface area contributed by atoms with Gasteiger partial charge < -0.3 is 15.8 Å². The van der Waals surface area contributed by atoms with Crippen LogP contribution in [0.5, 0.6) is 5.75 Å². The summed E-state index contributed by atoms with van der Waals surface area (Å²) in [4.78, 5) is 12.0. The summed E-state index contributed by atoms with van der Waals surface area (Å²) in [7, 11) is 0. The Morgan fingerprint density at radius 2 is 2.05 bits per heavy atom. The molecule has 5 heteroatoms. The Morgan fingerprint density at radius 3 is 2.76 bits per heavy atom. The number of ether oxygens (including phenoxy) is 1. The summed E-state index contributed by atoms with van der Waals surface area (Å²) in [6.07, 6.45) is -0.607. The second-order valence-electron chi connectivity index (χ2n) is 4.68. The fraction of sp³-hybridized carbons (Fsp3) is 0.188. The van der Waals surface area contributed by atoms with Crippen LogP contribution in [0.1, 0.15) is 12.5 Å². The van der Waals surface area contributed by atoms with Gasteiger partial charge in [0.2, 0.25) is 0 Å². The van der Waals surface area contributed by atoms with Crippen molar-refractivity contribution in [3.05, 3.63) is 59.1 Å². The van der Waals surface area contributed by atoms with Crippen LogP contribution in [-0.2, 0) is 11.3 Å². The minimum Gasteiger partial charge on any atom is -0.481 e. The highest BCUT2D eigenvalue weighted by atomic mass is 35.5. The van der Waals surface area contributed by atoms with E-state index in [1.165, 1.54) is 0 Å². The molecule has 0 fully saturated rings. The van der Waals surface area contributed by atoms with Gasteiger partial charge in [-0.25, -0.2) is 0 Å². The molecule has 1 amide bonds. The largest absolute Gasteiger partial charge is 0.481 e. The van der Waals surface area contributed by atoms with Crippen molar-refractivity contribution < 1.29 is 9.53 Å². The first-order chi connectivity index (χ1) is 10.0. The van der Waals surface area contributed by atoms with Gasteiger partial charge in [-0.2, -0.15) is 0 Å². The van der Waals surface area contributed by atoms with Crippen molar-refractivity contribution in [1.29, 1.82) is 0 Å². The maximum atomic E-state index is 12.0. The average Bonchev–Trinajstić information content (AvgIpc) is 2.45. The highest BCUT2D eigenvalue weighted by molar-refractivity contribution is 6.30.